The van der Waals surface area contributed by atoms with Gasteiger partial charge in [0.2, 0.25) is 12.2 Å². The highest BCUT2D eigenvalue weighted by molar-refractivity contribution is 5.78. The third-order valence-corrected chi connectivity index (χ3v) is 2.81. The molecule has 11 heteroatoms. The van der Waals surface area contributed by atoms with Gasteiger partial charge in [-0.05, 0) is 6.42 Å². The fraction of sp³-hybridized carbons (Fsp3) is 0.818. The molecule has 0 saturated heterocycles. The summed E-state index contributed by atoms with van der Waals surface area (Å²) in [7, 11) is 0. The number of carbonyl (C=O) groups excluding carboxylic acids is 2. The van der Waals surface area contributed by atoms with E-state index >= 15 is 0 Å². The van der Waals surface area contributed by atoms with Crippen LogP contribution in [0.4, 0.5) is 0 Å². The number of carbonyl (C=O) groups is 2. The van der Waals surface area contributed by atoms with Gasteiger partial charge in [-0.25, -0.2) is 0 Å². The molecule has 0 saturated carbocycles. The van der Waals surface area contributed by atoms with Crippen molar-refractivity contribution in [2.75, 3.05) is 6.61 Å². The molecule has 1 unspecified atom stereocenters. The highest BCUT2D eigenvalue weighted by atomic mass is 16.6. The minimum Gasteiger partial charge on any atom is -0.432 e. The SMILES string of the molecule is NC(=O)CC[C@H](N)C(=O)OC(O)[C@@H](O)[C@@H](O)[C@H](O)[C@H](O)CO. The number of primary amides is 1. The van der Waals surface area contributed by atoms with Crippen molar-refractivity contribution < 1.29 is 45.0 Å². The monoisotopic (exact) mass is 326 g/mol. The number of hydrogen-bond donors (Lipinski definition) is 8. The van der Waals surface area contributed by atoms with Crippen LogP contribution in [-0.2, 0) is 14.3 Å². The van der Waals surface area contributed by atoms with Crippen LogP contribution in [0.15, 0.2) is 0 Å². The van der Waals surface area contributed by atoms with E-state index in [2.05, 4.69) is 4.74 Å². The van der Waals surface area contributed by atoms with E-state index < -0.39 is 55.2 Å². The molecule has 0 fully saturated rings. The molecule has 130 valence electrons. The first-order valence-electron chi connectivity index (χ1n) is 6.37. The van der Waals surface area contributed by atoms with Gasteiger partial charge in [0.05, 0.1) is 6.61 Å². The van der Waals surface area contributed by atoms with Crippen molar-refractivity contribution in [2.45, 2.75) is 49.6 Å². The molecule has 0 aliphatic rings. The average molecular weight is 326 g/mol. The second-order valence-corrected chi connectivity index (χ2v) is 4.66. The van der Waals surface area contributed by atoms with Gasteiger partial charge in [-0.15, -0.1) is 0 Å². The van der Waals surface area contributed by atoms with Gasteiger partial charge in [0.1, 0.15) is 30.5 Å². The first-order valence-corrected chi connectivity index (χ1v) is 6.37. The van der Waals surface area contributed by atoms with Crippen molar-refractivity contribution in [1.82, 2.24) is 0 Å². The first kappa shape index (κ1) is 20.7. The molecule has 0 aliphatic heterocycles. The van der Waals surface area contributed by atoms with Crippen LogP contribution in [0.25, 0.3) is 0 Å². The second-order valence-electron chi connectivity index (χ2n) is 4.66. The zero-order valence-electron chi connectivity index (χ0n) is 11.6. The normalized spacial score (nSPS) is 19.6. The van der Waals surface area contributed by atoms with Gasteiger partial charge in [0.15, 0.2) is 0 Å². The van der Waals surface area contributed by atoms with Crippen LogP contribution in [0.3, 0.4) is 0 Å². The maximum absolute atomic E-state index is 11.4. The Morgan fingerprint density at radius 2 is 1.55 bits per heavy atom. The van der Waals surface area contributed by atoms with E-state index in [9.17, 15) is 30.0 Å². The van der Waals surface area contributed by atoms with Crippen LogP contribution in [0.1, 0.15) is 12.8 Å². The Morgan fingerprint density at radius 1 is 1.00 bits per heavy atom. The zero-order chi connectivity index (χ0) is 17.4. The molecule has 0 bridgehead atoms. The molecular weight excluding hydrogens is 304 g/mol. The minimum atomic E-state index is -2.25. The fourth-order valence-electron chi connectivity index (χ4n) is 1.40. The maximum Gasteiger partial charge on any atom is 0.325 e. The summed E-state index contributed by atoms with van der Waals surface area (Å²) in [6.07, 6.45) is -10.6. The lowest BCUT2D eigenvalue weighted by molar-refractivity contribution is -0.214. The number of ether oxygens (including phenoxy) is 1. The van der Waals surface area contributed by atoms with Gasteiger partial charge in [0.25, 0.3) is 0 Å². The van der Waals surface area contributed by atoms with Gasteiger partial charge in [0, 0.05) is 6.42 Å². The van der Waals surface area contributed by atoms with Crippen LogP contribution in [0.5, 0.6) is 0 Å². The number of aliphatic hydroxyl groups excluding tert-OH is 6. The lowest BCUT2D eigenvalue weighted by atomic mass is 10.0. The molecule has 11 nitrogen and oxygen atoms in total. The Kier molecular flexibility index (Phi) is 9.04. The summed E-state index contributed by atoms with van der Waals surface area (Å²) in [4.78, 5) is 22.0. The quantitative estimate of drug-likeness (QED) is 0.141. The average Bonchev–Trinajstić information content (AvgIpc) is 2.48. The number of esters is 1. The van der Waals surface area contributed by atoms with E-state index in [1.807, 2.05) is 0 Å². The molecule has 1 amide bonds. The topological polar surface area (TPSA) is 217 Å². The zero-order valence-corrected chi connectivity index (χ0v) is 11.6. The molecule has 0 aromatic heterocycles. The predicted molar refractivity (Wildman–Crippen MR) is 69.6 cm³/mol. The second kappa shape index (κ2) is 9.63. The Labute approximate surface area is 125 Å². The standard InChI is InChI=1S/C11H22N2O9/c12-4(1-2-6(13)16)10(20)22-11(21)9(19)8(18)7(17)5(15)3-14/h4-5,7-9,11,14-15,17-19,21H,1-3,12H2,(H2,13,16)/t4-,5+,7+,8-,9-,11?/m0/s1. The largest absolute Gasteiger partial charge is 0.432 e. The molecule has 0 aromatic rings. The molecule has 0 aliphatic carbocycles. The molecule has 22 heavy (non-hydrogen) atoms. The van der Waals surface area contributed by atoms with E-state index in [1.54, 1.807) is 0 Å². The number of amides is 1. The summed E-state index contributed by atoms with van der Waals surface area (Å²) in [6, 6.07) is -1.29. The third-order valence-electron chi connectivity index (χ3n) is 2.81. The van der Waals surface area contributed by atoms with Crippen molar-refractivity contribution in [3.63, 3.8) is 0 Å². The summed E-state index contributed by atoms with van der Waals surface area (Å²) >= 11 is 0. The lowest BCUT2D eigenvalue weighted by Crippen LogP contribution is -2.51. The Bertz CT molecular complexity index is 367. The molecular formula is C11H22N2O9. The van der Waals surface area contributed by atoms with Gasteiger partial charge in [-0.3, -0.25) is 9.59 Å². The smallest absolute Gasteiger partial charge is 0.325 e. The lowest BCUT2D eigenvalue weighted by Gasteiger charge is -2.28. The van der Waals surface area contributed by atoms with Crippen LogP contribution in [0, 0.1) is 0 Å². The van der Waals surface area contributed by atoms with Crippen LogP contribution in [-0.4, -0.2) is 85.9 Å². The summed E-state index contributed by atoms with van der Waals surface area (Å²) in [5, 5.41) is 55.4. The summed E-state index contributed by atoms with van der Waals surface area (Å²) < 4.78 is 4.37. The van der Waals surface area contributed by atoms with Crippen molar-refractivity contribution in [3.05, 3.63) is 0 Å². The van der Waals surface area contributed by atoms with Gasteiger partial charge >= 0.3 is 5.97 Å². The van der Waals surface area contributed by atoms with E-state index in [0.29, 0.717) is 0 Å². The van der Waals surface area contributed by atoms with E-state index in [4.69, 9.17) is 21.7 Å². The Balaban J connectivity index is 4.47. The molecule has 0 aromatic carbocycles. The molecule has 0 rings (SSSR count). The minimum absolute atomic E-state index is 0.147. The van der Waals surface area contributed by atoms with Crippen molar-refractivity contribution in [1.29, 1.82) is 0 Å². The molecule has 0 spiro atoms. The number of aliphatic hydroxyl groups is 6. The third kappa shape index (κ3) is 6.62. The van der Waals surface area contributed by atoms with E-state index in [0.717, 1.165) is 0 Å². The first-order chi connectivity index (χ1) is 10.1. The van der Waals surface area contributed by atoms with E-state index in [1.165, 1.54) is 0 Å². The summed E-state index contributed by atoms with van der Waals surface area (Å²) in [6.45, 7) is -0.904. The summed E-state index contributed by atoms with van der Waals surface area (Å²) in [5.74, 6) is -1.86. The van der Waals surface area contributed by atoms with Gasteiger partial charge in [-0.1, -0.05) is 0 Å². The maximum atomic E-state index is 11.4. The Morgan fingerprint density at radius 3 is 2.00 bits per heavy atom. The number of hydrogen-bond acceptors (Lipinski definition) is 10. The van der Waals surface area contributed by atoms with Crippen LogP contribution < -0.4 is 11.5 Å². The number of nitrogens with two attached hydrogens (primary N) is 2. The van der Waals surface area contributed by atoms with E-state index in [-0.39, 0.29) is 12.8 Å². The Hall–Kier alpha value is -1.34. The highest BCUT2D eigenvalue weighted by Crippen LogP contribution is 2.10. The van der Waals surface area contributed by atoms with Gasteiger partial charge < -0.3 is 46.8 Å². The van der Waals surface area contributed by atoms with Crippen molar-refractivity contribution in [2.24, 2.45) is 11.5 Å². The van der Waals surface area contributed by atoms with Crippen molar-refractivity contribution in [3.8, 4) is 0 Å². The molecule has 10 N–H and O–H groups in total. The summed E-state index contributed by atoms with van der Waals surface area (Å²) in [5.41, 5.74) is 10.2. The molecule has 0 radical (unpaired) electrons. The van der Waals surface area contributed by atoms with Crippen molar-refractivity contribution >= 4 is 11.9 Å². The number of rotatable bonds is 10. The molecule has 0 heterocycles. The van der Waals surface area contributed by atoms with Gasteiger partial charge in [-0.2, -0.15) is 0 Å². The van der Waals surface area contributed by atoms with Crippen LogP contribution in [0.2, 0.25) is 0 Å². The predicted octanol–water partition coefficient (Wildman–Crippen LogP) is -5.12. The fourth-order valence-corrected chi connectivity index (χ4v) is 1.40. The molecule has 6 atom stereocenters. The van der Waals surface area contributed by atoms with Crippen LogP contribution >= 0.6 is 0 Å². The highest BCUT2D eigenvalue weighted by Gasteiger charge is 2.36.